The van der Waals surface area contributed by atoms with E-state index < -0.39 is 35.3 Å². The summed E-state index contributed by atoms with van der Waals surface area (Å²) in [4.78, 5) is 29.1. The number of nitrogens with zero attached hydrogens (tertiary/aromatic N) is 1. The molecule has 0 radical (unpaired) electrons. The van der Waals surface area contributed by atoms with Crippen LogP contribution in [0, 0.1) is 0 Å². The molecule has 10 heteroatoms. The fraction of sp³-hybridized carbons (Fsp3) is 0.222. The molecule has 9 nitrogen and oxygen atoms in total. The van der Waals surface area contributed by atoms with E-state index in [-0.39, 0.29) is 13.0 Å². The first-order valence-electron chi connectivity index (χ1n) is 14.8. The van der Waals surface area contributed by atoms with Gasteiger partial charge in [0, 0.05) is 17.5 Å². The van der Waals surface area contributed by atoms with Crippen LogP contribution in [0.3, 0.4) is 0 Å². The average molecular weight is 639 g/mol. The van der Waals surface area contributed by atoms with E-state index in [4.69, 9.17) is 18.9 Å². The standard InChI is InChI=1S/C36H34N2O7S/c1-42-27-17-13-25(14-18-27)36(24-9-5-3-6-10-24,26-15-19-28(43-2)20-16-26)44-23-31-30(39)21-33(45-31)38-22-32(34(40)37-35(38)41)46-29-11-7-4-8-12-29/h3-20,22,30-31,33,39H,21,23H2,1-2H3,(H,37,40,41)/t30-,31+,33+/m0/s1. The number of benzene rings is 4. The summed E-state index contributed by atoms with van der Waals surface area (Å²) in [5.74, 6) is 1.41. The van der Waals surface area contributed by atoms with Gasteiger partial charge in [0.2, 0.25) is 0 Å². The van der Waals surface area contributed by atoms with E-state index in [1.807, 2.05) is 109 Å². The molecule has 0 amide bonds. The summed E-state index contributed by atoms with van der Waals surface area (Å²) in [6.45, 7) is -0.00561. The van der Waals surface area contributed by atoms with Gasteiger partial charge >= 0.3 is 5.69 Å². The molecule has 236 valence electrons. The van der Waals surface area contributed by atoms with Crippen LogP contribution in [0.1, 0.15) is 29.3 Å². The minimum Gasteiger partial charge on any atom is -0.497 e. The van der Waals surface area contributed by atoms with Crippen LogP contribution >= 0.6 is 11.8 Å². The zero-order valence-corrected chi connectivity index (χ0v) is 26.2. The Morgan fingerprint density at radius 1 is 0.826 bits per heavy atom. The van der Waals surface area contributed by atoms with Crippen molar-refractivity contribution in [2.45, 2.75) is 40.2 Å². The summed E-state index contributed by atoms with van der Waals surface area (Å²) < 4.78 is 25.4. The van der Waals surface area contributed by atoms with Gasteiger partial charge < -0.3 is 24.1 Å². The summed E-state index contributed by atoms with van der Waals surface area (Å²) in [6.07, 6.45) is -0.888. The van der Waals surface area contributed by atoms with Crippen LogP contribution in [0.2, 0.25) is 0 Å². The normalized spacial score (nSPS) is 17.9. The Hall–Kier alpha value is -4.61. The zero-order valence-electron chi connectivity index (χ0n) is 25.4. The number of aliphatic hydroxyl groups excluding tert-OH is 1. The number of aliphatic hydroxyl groups is 1. The fourth-order valence-electron chi connectivity index (χ4n) is 5.69. The fourth-order valence-corrected chi connectivity index (χ4v) is 6.54. The summed E-state index contributed by atoms with van der Waals surface area (Å²) in [5, 5.41) is 11.2. The molecule has 2 heterocycles. The van der Waals surface area contributed by atoms with Gasteiger partial charge in [-0.2, -0.15) is 0 Å². The van der Waals surface area contributed by atoms with Crippen LogP contribution in [0.15, 0.2) is 135 Å². The van der Waals surface area contributed by atoms with Gasteiger partial charge in [0.25, 0.3) is 5.56 Å². The van der Waals surface area contributed by atoms with Crippen molar-refractivity contribution in [3.63, 3.8) is 0 Å². The summed E-state index contributed by atoms with van der Waals surface area (Å²) in [5.41, 5.74) is 0.349. The van der Waals surface area contributed by atoms with Gasteiger partial charge in [0.05, 0.1) is 31.8 Å². The lowest BCUT2D eigenvalue weighted by atomic mass is 9.80. The molecule has 6 rings (SSSR count). The number of ether oxygens (including phenoxy) is 4. The molecule has 5 aromatic rings. The second-order valence-corrected chi connectivity index (χ2v) is 11.9. The van der Waals surface area contributed by atoms with Crippen LogP contribution in [-0.2, 0) is 15.1 Å². The van der Waals surface area contributed by atoms with Gasteiger partial charge in [-0.25, -0.2) is 4.79 Å². The van der Waals surface area contributed by atoms with Gasteiger partial charge in [-0.15, -0.1) is 0 Å². The predicted octanol–water partition coefficient (Wildman–Crippen LogP) is 5.36. The Morgan fingerprint density at radius 3 is 1.93 bits per heavy atom. The minimum absolute atomic E-state index is 0.00561. The molecular weight excluding hydrogens is 604 g/mol. The smallest absolute Gasteiger partial charge is 0.330 e. The summed E-state index contributed by atoms with van der Waals surface area (Å²) >= 11 is 1.25. The SMILES string of the molecule is COc1ccc(C(OC[C@H]2O[C@@H](n3cc(Sc4ccccc4)c(=O)[nH]c3=O)C[C@@H]2O)(c2ccccc2)c2ccc(OC)cc2)cc1. The monoisotopic (exact) mass is 638 g/mol. The van der Waals surface area contributed by atoms with Crippen LogP contribution < -0.4 is 20.7 Å². The number of hydrogen-bond donors (Lipinski definition) is 2. The van der Waals surface area contributed by atoms with E-state index in [2.05, 4.69) is 4.98 Å². The third kappa shape index (κ3) is 6.38. The third-order valence-electron chi connectivity index (χ3n) is 8.06. The molecule has 0 spiro atoms. The Kier molecular flexibility index (Phi) is 9.41. The number of rotatable bonds is 11. The Balaban J connectivity index is 1.33. The number of H-pyrrole nitrogens is 1. The van der Waals surface area contributed by atoms with Crippen LogP contribution in [-0.4, -0.2) is 47.7 Å². The zero-order chi connectivity index (χ0) is 32.1. The van der Waals surface area contributed by atoms with Crippen molar-refractivity contribution in [1.82, 2.24) is 9.55 Å². The van der Waals surface area contributed by atoms with Crippen molar-refractivity contribution < 1.29 is 24.1 Å². The van der Waals surface area contributed by atoms with E-state index in [1.54, 1.807) is 14.2 Å². The number of hydrogen-bond acceptors (Lipinski definition) is 8. The first kappa shape index (κ1) is 31.4. The Morgan fingerprint density at radius 2 is 1.37 bits per heavy atom. The van der Waals surface area contributed by atoms with Crippen molar-refractivity contribution in [1.29, 1.82) is 0 Å². The first-order chi connectivity index (χ1) is 22.4. The first-order valence-corrected chi connectivity index (χ1v) is 15.6. The van der Waals surface area contributed by atoms with E-state index in [0.717, 1.165) is 21.6 Å². The lowest BCUT2D eigenvalue weighted by Gasteiger charge is -2.37. The second kappa shape index (κ2) is 13.8. The molecule has 1 fully saturated rings. The quantitative estimate of drug-likeness (QED) is 0.186. The highest BCUT2D eigenvalue weighted by Crippen LogP contribution is 2.42. The lowest BCUT2D eigenvalue weighted by Crippen LogP contribution is -2.38. The highest BCUT2D eigenvalue weighted by molar-refractivity contribution is 7.99. The van der Waals surface area contributed by atoms with Crippen molar-refractivity contribution in [3.05, 3.63) is 153 Å². The van der Waals surface area contributed by atoms with Crippen molar-refractivity contribution in [3.8, 4) is 11.5 Å². The van der Waals surface area contributed by atoms with E-state index >= 15 is 0 Å². The highest BCUT2D eigenvalue weighted by atomic mass is 32.2. The molecule has 1 aliphatic rings. The van der Waals surface area contributed by atoms with Crippen molar-refractivity contribution in [2.75, 3.05) is 20.8 Å². The molecule has 4 aromatic carbocycles. The van der Waals surface area contributed by atoms with E-state index in [9.17, 15) is 14.7 Å². The van der Waals surface area contributed by atoms with Gasteiger partial charge in [-0.1, -0.05) is 84.6 Å². The number of aromatic nitrogens is 2. The summed E-state index contributed by atoms with van der Waals surface area (Å²) in [7, 11) is 3.23. The molecule has 1 saturated heterocycles. The van der Waals surface area contributed by atoms with Crippen LogP contribution in [0.25, 0.3) is 0 Å². The van der Waals surface area contributed by atoms with Gasteiger partial charge in [-0.3, -0.25) is 14.3 Å². The number of methoxy groups -OCH3 is 2. The predicted molar refractivity (Wildman–Crippen MR) is 175 cm³/mol. The maximum absolute atomic E-state index is 12.9. The molecule has 3 atom stereocenters. The molecule has 0 unspecified atom stereocenters. The third-order valence-corrected chi connectivity index (χ3v) is 9.08. The maximum atomic E-state index is 12.9. The molecule has 1 aliphatic heterocycles. The topological polar surface area (TPSA) is 112 Å². The average Bonchev–Trinajstić information content (AvgIpc) is 3.47. The molecule has 0 aliphatic carbocycles. The molecule has 0 bridgehead atoms. The molecule has 0 saturated carbocycles. The van der Waals surface area contributed by atoms with Gasteiger partial charge in [-0.05, 0) is 53.1 Å². The van der Waals surface area contributed by atoms with Crippen molar-refractivity contribution >= 4 is 11.8 Å². The van der Waals surface area contributed by atoms with Gasteiger partial charge in [0.15, 0.2) is 0 Å². The van der Waals surface area contributed by atoms with E-state index in [1.165, 1.54) is 22.5 Å². The largest absolute Gasteiger partial charge is 0.497 e. The Bertz CT molecular complexity index is 1810. The summed E-state index contributed by atoms with van der Waals surface area (Å²) in [6, 6.07) is 34.6. The lowest BCUT2D eigenvalue weighted by molar-refractivity contribution is -0.0945. The minimum atomic E-state index is -1.10. The molecule has 2 N–H and O–H groups in total. The van der Waals surface area contributed by atoms with Crippen LogP contribution in [0.5, 0.6) is 11.5 Å². The van der Waals surface area contributed by atoms with E-state index in [0.29, 0.717) is 16.4 Å². The Labute approximate surface area is 270 Å². The molecular formula is C36H34N2O7S. The highest BCUT2D eigenvalue weighted by Gasteiger charge is 2.42. The van der Waals surface area contributed by atoms with Crippen LogP contribution in [0.4, 0.5) is 0 Å². The van der Waals surface area contributed by atoms with Gasteiger partial charge in [0.1, 0.15) is 29.4 Å². The maximum Gasteiger partial charge on any atom is 0.330 e. The number of nitrogens with one attached hydrogen (secondary N) is 1. The molecule has 46 heavy (non-hydrogen) atoms. The molecule has 1 aromatic heterocycles. The number of aromatic amines is 1. The second-order valence-electron chi connectivity index (χ2n) is 10.8. The van der Waals surface area contributed by atoms with Crippen molar-refractivity contribution in [2.24, 2.45) is 0 Å².